The summed E-state index contributed by atoms with van der Waals surface area (Å²) in [6.07, 6.45) is -0.799. The van der Waals surface area contributed by atoms with Crippen LogP contribution in [-0.2, 0) is 54.2 Å². The van der Waals surface area contributed by atoms with Crippen LogP contribution in [0.1, 0.15) is 123 Å². The Morgan fingerprint density at radius 2 is 1.11 bits per heavy atom. The second-order valence-electron chi connectivity index (χ2n) is 14.0. The third kappa shape index (κ3) is 7.79. The summed E-state index contributed by atoms with van der Waals surface area (Å²) < 4.78 is 23.7. The van der Waals surface area contributed by atoms with Crippen molar-refractivity contribution < 1.29 is 52.0 Å². The van der Waals surface area contributed by atoms with Gasteiger partial charge in [-0.05, 0) is 0 Å². The summed E-state index contributed by atoms with van der Waals surface area (Å²) in [6.45, 7) is 24.7. The first-order valence-corrected chi connectivity index (χ1v) is 15.1. The summed E-state index contributed by atoms with van der Waals surface area (Å²) in [7, 11) is -4.90. The molecule has 0 aromatic heterocycles. The molecule has 0 saturated heterocycles. The molecule has 0 spiro atoms. The van der Waals surface area contributed by atoms with E-state index in [-0.39, 0.29) is 27.7 Å². The average Bonchev–Trinajstić information content (AvgIpc) is 2.65. The number of phenolic OH excluding ortho intramolecular Hbond substituents is 1. The standard InChI is InChI=1S/C29H44O6P.Zr/c1-26(2,3)17-13-19(24(31)21(15-17)28(7,8)9)23(30)20-14-18(27(4,5)6)16-22(29(10,11)12)25(20)35-36(32,33)34;/h13-16,23,31H,1-12H3,(H2,32,33,34);/q-1;+1. The van der Waals surface area contributed by atoms with E-state index in [0.29, 0.717) is 16.7 Å². The van der Waals surface area contributed by atoms with Gasteiger partial charge in [0, 0.05) is 0 Å². The minimum absolute atomic E-state index is 0.0964. The number of phenols is 1. The Kier molecular flexibility index (Phi) is 9.19. The van der Waals surface area contributed by atoms with E-state index in [2.05, 4.69) is 41.5 Å². The van der Waals surface area contributed by atoms with Gasteiger partial charge in [-0.3, -0.25) is 0 Å². The first kappa shape index (κ1) is 32.2. The van der Waals surface area contributed by atoms with E-state index in [1.165, 1.54) is 0 Å². The van der Waals surface area contributed by atoms with Gasteiger partial charge in [-0.2, -0.15) is 0 Å². The molecule has 3 N–H and O–H groups in total. The minimum atomic E-state index is -4.90. The zero-order valence-corrected chi connectivity index (χ0v) is 27.8. The summed E-state index contributed by atoms with van der Waals surface area (Å²) in [4.78, 5) is 19.8. The first-order chi connectivity index (χ1) is 16.4. The second kappa shape index (κ2) is 10.5. The van der Waals surface area contributed by atoms with Crippen LogP contribution in [0, 0.1) is 0 Å². The van der Waals surface area contributed by atoms with Crippen molar-refractivity contribution in [2.75, 3.05) is 0 Å². The first-order valence-electron chi connectivity index (χ1n) is 12.5. The molecular formula is C29H44O6PZr. The van der Waals surface area contributed by atoms with Crippen LogP contribution in [0.5, 0.6) is 11.5 Å². The van der Waals surface area contributed by atoms with Gasteiger partial charge in [-0.15, -0.1) is 0 Å². The molecule has 205 valence electrons. The van der Waals surface area contributed by atoms with Crippen LogP contribution in [0.4, 0.5) is 0 Å². The van der Waals surface area contributed by atoms with Gasteiger partial charge in [0.15, 0.2) is 0 Å². The predicted octanol–water partition coefficient (Wildman–Crippen LogP) is 7.62. The summed E-state index contributed by atoms with van der Waals surface area (Å²) in [5.74, 6) is 0.215. The monoisotopic (exact) mass is 609 g/mol. The fraction of sp³-hybridized carbons (Fsp3) is 0.586. The Balaban J connectivity index is 3.11. The van der Waals surface area contributed by atoms with E-state index in [0.717, 1.165) is 41.8 Å². The van der Waals surface area contributed by atoms with Gasteiger partial charge in [0.1, 0.15) is 0 Å². The molecule has 2 aromatic carbocycles. The molecule has 0 amide bonds. The number of hydrogen-bond acceptors (Lipinski definition) is 4. The van der Waals surface area contributed by atoms with Gasteiger partial charge in [0.25, 0.3) is 0 Å². The van der Waals surface area contributed by atoms with E-state index in [9.17, 15) is 19.5 Å². The Morgan fingerprint density at radius 3 is 1.46 bits per heavy atom. The molecule has 0 heterocycles. The molecule has 37 heavy (non-hydrogen) atoms. The quantitative estimate of drug-likeness (QED) is 0.302. The van der Waals surface area contributed by atoms with E-state index >= 15 is 0 Å². The van der Waals surface area contributed by atoms with Crippen LogP contribution in [0.3, 0.4) is 0 Å². The van der Waals surface area contributed by atoms with Gasteiger partial charge in [0.2, 0.25) is 0 Å². The number of phosphoric acid groups is 1. The van der Waals surface area contributed by atoms with Crippen molar-refractivity contribution in [3.63, 3.8) is 0 Å². The molecule has 0 bridgehead atoms. The average molecular weight is 611 g/mol. The van der Waals surface area contributed by atoms with Crippen molar-refractivity contribution in [3.05, 3.63) is 57.6 Å². The summed E-state index contributed by atoms with van der Waals surface area (Å²) >= 11 is 0.746. The summed E-state index contributed by atoms with van der Waals surface area (Å²) in [5.41, 5.74) is 3.20. The Bertz CT molecular complexity index is 1190. The Hall–Kier alpha value is -0.967. The molecular weight excluding hydrogens is 567 g/mol. The van der Waals surface area contributed by atoms with Crippen molar-refractivity contribution in [2.24, 2.45) is 0 Å². The molecule has 8 heteroatoms. The molecule has 0 aliphatic heterocycles. The molecule has 6 nitrogen and oxygen atoms in total. The van der Waals surface area contributed by atoms with Crippen molar-refractivity contribution >= 4 is 7.82 Å². The molecule has 2 aromatic rings. The van der Waals surface area contributed by atoms with Gasteiger partial charge < -0.3 is 0 Å². The molecule has 0 aliphatic carbocycles. The molecule has 0 fully saturated rings. The van der Waals surface area contributed by atoms with E-state index in [1.807, 2.05) is 65.8 Å². The molecule has 2 rings (SSSR count). The molecule has 1 unspecified atom stereocenters. The second-order valence-corrected chi connectivity index (χ2v) is 15.7. The van der Waals surface area contributed by atoms with Gasteiger partial charge in [0.05, 0.1) is 0 Å². The van der Waals surface area contributed by atoms with Gasteiger partial charge in [-0.1, -0.05) is 0 Å². The fourth-order valence-corrected chi connectivity index (χ4v) is 5.28. The van der Waals surface area contributed by atoms with Crippen molar-refractivity contribution in [1.29, 1.82) is 0 Å². The van der Waals surface area contributed by atoms with Crippen LogP contribution >= 0.6 is 7.82 Å². The third-order valence-electron chi connectivity index (χ3n) is 6.50. The van der Waals surface area contributed by atoms with Crippen molar-refractivity contribution in [2.45, 2.75) is 111 Å². The Morgan fingerprint density at radius 1 is 0.703 bits per heavy atom. The van der Waals surface area contributed by atoms with Crippen molar-refractivity contribution in [3.8, 4) is 11.5 Å². The van der Waals surface area contributed by atoms with Crippen LogP contribution < -0.4 is 4.52 Å². The number of rotatable bonds is 5. The normalized spacial score (nSPS) is 14.5. The van der Waals surface area contributed by atoms with Crippen LogP contribution in [0.25, 0.3) is 0 Å². The predicted molar refractivity (Wildman–Crippen MR) is 145 cm³/mol. The topological polar surface area (TPSA) is 96.2 Å². The number of hydrogen-bond donors (Lipinski definition) is 3. The third-order valence-corrected chi connectivity index (χ3v) is 7.50. The molecule has 0 radical (unpaired) electrons. The fourth-order valence-electron chi connectivity index (χ4n) is 4.21. The van der Waals surface area contributed by atoms with Crippen LogP contribution in [0.15, 0.2) is 24.3 Å². The zero-order chi connectivity index (χ0) is 28.9. The van der Waals surface area contributed by atoms with E-state index in [4.69, 9.17) is 7.34 Å². The number of phosphoric ester groups is 1. The number of aromatic hydroxyl groups is 1. The molecule has 1 atom stereocenters. The van der Waals surface area contributed by atoms with Crippen LogP contribution in [-0.4, -0.2) is 14.9 Å². The maximum atomic E-state index is 12.2. The molecule has 0 aliphatic rings. The SMILES string of the molecule is CC(C)(C)c1cc(C([O][Zr])c2cc(C(C)(C)C)cc(C(C)(C)C)c2OP(=O)(O)O)c(O)c(C(C)(C)C)c1. The maximum absolute atomic E-state index is 12.2. The summed E-state index contributed by atoms with van der Waals surface area (Å²) in [6, 6.07) is 7.84. The molecule has 0 saturated carbocycles. The van der Waals surface area contributed by atoms with Gasteiger partial charge >= 0.3 is 240 Å². The Labute approximate surface area is 238 Å². The van der Waals surface area contributed by atoms with E-state index in [1.54, 1.807) is 0 Å². The van der Waals surface area contributed by atoms with Crippen molar-refractivity contribution in [1.82, 2.24) is 0 Å². The number of benzene rings is 2. The zero-order valence-electron chi connectivity index (χ0n) is 24.4. The van der Waals surface area contributed by atoms with E-state index < -0.39 is 19.3 Å². The van der Waals surface area contributed by atoms with Gasteiger partial charge in [-0.25, -0.2) is 0 Å². The van der Waals surface area contributed by atoms with Crippen LogP contribution in [0.2, 0.25) is 0 Å². The summed E-state index contributed by atoms with van der Waals surface area (Å²) in [5, 5.41) is 11.6.